The number of sulfonamides is 1. The van der Waals surface area contributed by atoms with E-state index in [2.05, 4.69) is 37.7 Å². The molecule has 5 heteroatoms. The van der Waals surface area contributed by atoms with E-state index in [1.165, 1.54) is 0 Å². The summed E-state index contributed by atoms with van der Waals surface area (Å²) < 4.78 is 27.6. The van der Waals surface area contributed by atoms with Crippen molar-refractivity contribution in [1.29, 1.82) is 0 Å². The van der Waals surface area contributed by atoms with E-state index in [-0.39, 0.29) is 5.41 Å². The van der Waals surface area contributed by atoms with Gasteiger partial charge in [0.1, 0.15) is 4.90 Å². The molecule has 1 rings (SSSR count). The van der Waals surface area contributed by atoms with Crippen LogP contribution in [0.1, 0.15) is 34.6 Å². The first kappa shape index (κ1) is 17.0. The van der Waals surface area contributed by atoms with Gasteiger partial charge in [0.2, 0.25) is 10.0 Å². The standard InChI is InChI=1S/C15H26N2O2S/c1-6-16-13-9-7-8-10-14(13)20(18,19)17-11-15(4,5)12(2)3/h7-10,12,16-17H,6,11H2,1-5H3. The monoisotopic (exact) mass is 298 g/mol. The second kappa shape index (κ2) is 6.59. The Morgan fingerprint density at radius 2 is 1.80 bits per heavy atom. The Morgan fingerprint density at radius 1 is 1.20 bits per heavy atom. The topological polar surface area (TPSA) is 58.2 Å². The summed E-state index contributed by atoms with van der Waals surface area (Å²) in [6, 6.07) is 6.98. The molecule has 0 atom stereocenters. The molecule has 1 aromatic rings. The number of anilines is 1. The van der Waals surface area contributed by atoms with Gasteiger partial charge in [-0.1, -0.05) is 39.8 Å². The van der Waals surface area contributed by atoms with Gasteiger partial charge < -0.3 is 5.32 Å². The van der Waals surface area contributed by atoms with Crippen LogP contribution in [0.4, 0.5) is 5.69 Å². The van der Waals surface area contributed by atoms with Gasteiger partial charge in [0.15, 0.2) is 0 Å². The van der Waals surface area contributed by atoms with E-state index in [1.807, 2.05) is 13.0 Å². The molecule has 0 radical (unpaired) electrons. The highest BCUT2D eigenvalue weighted by Gasteiger charge is 2.26. The van der Waals surface area contributed by atoms with Crippen molar-refractivity contribution in [2.45, 2.75) is 39.5 Å². The van der Waals surface area contributed by atoms with Gasteiger partial charge in [0, 0.05) is 13.1 Å². The number of nitrogens with one attached hydrogen (secondary N) is 2. The average molecular weight is 298 g/mol. The molecule has 2 N–H and O–H groups in total. The van der Waals surface area contributed by atoms with E-state index in [0.717, 1.165) is 0 Å². The number of para-hydroxylation sites is 1. The fraction of sp³-hybridized carbons (Fsp3) is 0.600. The van der Waals surface area contributed by atoms with Crippen molar-refractivity contribution < 1.29 is 8.42 Å². The second-order valence-electron chi connectivity index (χ2n) is 5.99. The molecule has 0 amide bonds. The third-order valence-corrected chi connectivity index (χ3v) is 5.28. The first-order valence-corrected chi connectivity index (χ1v) is 8.51. The second-order valence-corrected chi connectivity index (χ2v) is 7.73. The Morgan fingerprint density at radius 3 is 2.35 bits per heavy atom. The van der Waals surface area contributed by atoms with Gasteiger partial charge in [-0.2, -0.15) is 0 Å². The van der Waals surface area contributed by atoms with Gasteiger partial charge in [-0.05, 0) is 30.4 Å². The quantitative estimate of drug-likeness (QED) is 0.813. The van der Waals surface area contributed by atoms with E-state index >= 15 is 0 Å². The van der Waals surface area contributed by atoms with Crippen molar-refractivity contribution in [1.82, 2.24) is 4.72 Å². The summed E-state index contributed by atoms with van der Waals surface area (Å²) in [7, 11) is -3.49. The Bertz CT molecular complexity index is 537. The Balaban J connectivity index is 2.95. The first-order valence-electron chi connectivity index (χ1n) is 7.03. The van der Waals surface area contributed by atoms with Crippen LogP contribution in [-0.2, 0) is 10.0 Å². The zero-order valence-electron chi connectivity index (χ0n) is 13.0. The number of hydrogen-bond donors (Lipinski definition) is 2. The maximum absolute atomic E-state index is 12.4. The Kier molecular flexibility index (Phi) is 5.59. The fourth-order valence-corrected chi connectivity index (χ4v) is 3.01. The van der Waals surface area contributed by atoms with Crippen LogP contribution in [0, 0.1) is 11.3 Å². The minimum Gasteiger partial charge on any atom is -0.384 e. The van der Waals surface area contributed by atoms with E-state index in [1.54, 1.807) is 18.2 Å². The minimum atomic E-state index is -3.49. The lowest BCUT2D eigenvalue weighted by Crippen LogP contribution is -2.37. The molecule has 0 bridgehead atoms. The van der Waals surface area contributed by atoms with E-state index in [4.69, 9.17) is 0 Å². The molecule has 0 heterocycles. The molecule has 114 valence electrons. The summed E-state index contributed by atoms with van der Waals surface area (Å²) in [5.41, 5.74) is 0.560. The number of rotatable bonds is 7. The summed E-state index contributed by atoms with van der Waals surface area (Å²) >= 11 is 0. The largest absolute Gasteiger partial charge is 0.384 e. The zero-order valence-corrected chi connectivity index (χ0v) is 13.8. The van der Waals surface area contributed by atoms with Gasteiger partial charge in [0.05, 0.1) is 5.69 Å². The van der Waals surface area contributed by atoms with Gasteiger partial charge in [-0.3, -0.25) is 0 Å². The lowest BCUT2D eigenvalue weighted by molar-refractivity contribution is 0.252. The molecule has 0 fully saturated rings. The molecular formula is C15H26N2O2S. The third kappa shape index (κ3) is 4.21. The number of benzene rings is 1. The molecule has 0 unspecified atom stereocenters. The Labute approximate surface area is 123 Å². The molecule has 4 nitrogen and oxygen atoms in total. The minimum absolute atomic E-state index is 0.0831. The van der Waals surface area contributed by atoms with E-state index < -0.39 is 10.0 Å². The lowest BCUT2D eigenvalue weighted by Gasteiger charge is -2.29. The first-order chi connectivity index (χ1) is 9.20. The SMILES string of the molecule is CCNc1ccccc1S(=O)(=O)NCC(C)(C)C(C)C. The van der Waals surface area contributed by atoms with Crippen molar-refractivity contribution in [3.8, 4) is 0 Å². The molecule has 0 aromatic heterocycles. The van der Waals surface area contributed by atoms with Crippen LogP contribution in [0.15, 0.2) is 29.2 Å². The molecular weight excluding hydrogens is 272 g/mol. The van der Waals surface area contributed by atoms with Crippen LogP contribution in [0.3, 0.4) is 0 Å². The average Bonchev–Trinajstić information content (AvgIpc) is 2.37. The summed E-state index contributed by atoms with van der Waals surface area (Å²) in [6.07, 6.45) is 0. The molecule has 0 aliphatic heterocycles. The normalized spacial score (nSPS) is 12.7. The van der Waals surface area contributed by atoms with Crippen LogP contribution >= 0.6 is 0 Å². The van der Waals surface area contributed by atoms with Crippen LogP contribution in [0.2, 0.25) is 0 Å². The van der Waals surface area contributed by atoms with Crippen LogP contribution in [0.25, 0.3) is 0 Å². The van der Waals surface area contributed by atoms with Crippen molar-refractivity contribution in [3.63, 3.8) is 0 Å². The molecule has 0 saturated carbocycles. The van der Waals surface area contributed by atoms with Crippen molar-refractivity contribution in [2.24, 2.45) is 11.3 Å². The molecule has 0 spiro atoms. The highest BCUT2D eigenvalue weighted by molar-refractivity contribution is 7.89. The highest BCUT2D eigenvalue weighted by Crippen LogP contribution is 2.26. The summed E-state index contributed by atoms with van der Waals surface area (Å²) in [6.45, 7) is 11.4. The molecule has 0 aliphatic rings. The van der Waals surface area contributed by atoms with Gasteiger partial charge >= 0.3 is 0 Å². The number of hydrogen-bond acceptors (Lipinski definition) is 3. The lowest BCUT2D eigenvalue weighted by atomic mass is 9.81. The predicted octanol–water partition coefficient (Wildman–Crippen LogP) is 3.08. The fourth-order valence-electron chi connectivity index (χ4n) is 1.60. The third-order valence-electron chi connectivity index (χ3n) is 3.82. The van der Waals surface area contributed by atoms with Crippen molar-refractivity contribution in [2.75, 3.05) is 18.4 Å². The molecule has 0 aliphatic carbocycles. The van der Waals surface area contributed by atoms with E-state index in [0.29, 0.717) is 29.6 Å². The molecule has 1 aromatic carbocycles. The van der Waals surface area contributed by atoms with Crippen molar-refractivity contribution in [3.05, 3.63) is 24.3 Å². The maximum atomic E-state index is 12.4. The Hall–Kier alpha value is -1.07. The van der Waals surface area contributed by atoms with Gasteiger partial charge in [-0.15, -0.1) is 0 Å². The van der Waals surface area contributed by atoms with Crippen molar-refractivity contribution >= 4 is 15.7 Å². The highest BCUT2D eigenvalue weighted by atomic mass is 32.2. The summed E-state index contributed by atoms with van der Waals surface area (Å²) in [5, 5.41) is 3.08. The molecule has 0 saturated heterocycles. The predicted molar refractivity (Wildman–Crippen MR) is 84.4 cm³/mol. The molecule has 20 heavy (non-hydrogen) atoms. The van der Waals surface area contributed by atoms with Gasteiger partial charge in [0.25, 0.3) is 0 Å². The smallest absolute Gasteiger partial charge is 0.242 e. The van der Waals surface area contributed by atoms with E-state index in [9.17, 15) is 8.42 Å². The van der Waals surface area contributed by atoms with Crippen LogP contribution in [0.5, 0.6) is 0 Å². The summed E-state index contributed by atoms with van der Waals surface area (Å²) in [5.74, 6) is 0.397. The summed E-state index contributed by atoms with van der Waals surface area (Å²) in [4.78, 5) is 0.307. The maximum Gasteiger partial charge on any atom is 0.242 e. The van der Waals surface area contributed by atoms with Crippen LogP contribution < -0.4 is 10.0 Å². The van der Waals surface area contributed by atoms with Crippen LogP contribution in [-0.4, -0.2) is 21.5 Å². The van der Waals surface area contributed by atoms with Gasteiger partial charge in [-0.25, -0.2) is 13.1 Å². The zero-order chi connectivity index (χ0) is 15.4.